The molecule has 1 amide bonds. The lowest BCUT2D eigenvalue weighted by molar-refractivity contribution is -0.120. The fourth-order valence-corrected chi connectivity index (χ4v) is 2.39. The smallest absolute Gasteiger partial charge is 0.235 e. The van der Waals surface area contributed by atoms with E-state index in [9.17, 15) is 9.00 Å². The molecular formula is C10H20N2O2S. The van der Waals surface area contributed by atoms with Gasteiger partial charge in [0.05, 0.1) is 0 Å². The number of hydrogen-bond acceptors (Lipinski definition) is 3. The highest BCUT2D eigenvalue weighted by molar-refractivity contribution is 7.86. The van der Waals surface area contributed by atoms with Crippen LogP contribution in [0.25, 0.3) is 0 Å². The van der Waals surface area contributed by atoms with Crippen LogP contribution in [0.1, 0.15) is 33.1 Å². The van der Waals surface area contributed by atoms with Crippen LogP contribution in [-0.2, 0) is 15.6 Å². The summed E-state index contributed by atoms with van der Waals surface area (Å²) in [7, 11) is -1.15. The van der Waals surface area contributed by atoms with Crippen LogP contribution >= 0.6 is 0 Å². The molecule has 1 aliphatic rings. The molecule has 3 N–H and O–H groups in total. The number of nitrogens with one attached hydrogen (secondary N) is 1. The van der Waals surface area contributed by atoms with Crippen LogP contribution in [-0.4, -0.2) is 33.2 Å². The summed E-state index contributed by atoms with van der Waals surface area (Å²) in [5, 5.41) is 2.41. The molecule has 1 rings (SSSR count). The highest BCUT2D eigenvalue weighted by Crippen LogP contribution is 2.19. The maximum absolute atomic E-state index is 11.7. The summed E-state index contributed by atoms with van der Waals surface area (Å²) < 4.78 is 11.7. The van der Waals surface area contributed by atoms with E-state index in [1.54, 1.807) is 6.92 Å². The molecule has 0 saturated heterocycles. The van der Waals surface area contributed by atoms with Crippen molar-refractivity contribution in [2.45, 2.75) is 50.4 Å². The lowest BCUT2D eigenvalue weighted by Gasteiger charge is -2.14. The summed E-state index contributed by atoms with van der Waals surface area (Å²) in [6, 6.07) is 0.263. The Kier molecular flexibility index (Phi) is 4.73. The molecule has 0 aromatic heterocycles. The average Bonchev–Trinajstić information content (AvgIpc) is 2.99. The Morgan fingerprint density at radius 3 is 2.67 bits per heavy atom. The molecule has 0 aromatic carbocycles. The molecule has 4 nitrogen and oxygen atoms in total. The van der Waals surface area contributed by atoms with Crippen LogP contribution in [0.2, 0.25) is 0 Å². The van der Waals surface area contributed by atoms with Crippen molar-refractivity contribution in [3.05, 3.63) is 0 Å². The Hall–Kier alpha value is -0.420. The Labute approximate surface area is 93.4 Å². The Morgan fingerprint density at radius 2 is 2.20 bits per heavy atom. The second-order valence-electron chi connectivity index (χ2n) is 4.14. The fourth-order valence-electron chi connectivity index (χ4n) is 1.14. The van der Waals surface area contributed by atoms with Gasteiger partial charge in [-0.15, -0.1) is 0 Å². The number of nitrogens with two attached hydrogens (primary N) is 1. The summed E-state index contributed by atoms with van der Waals surface area (Å²) in [5.41, 5.74) is 5.70. The standard InChI is InChI=1S/C10H20N2O2S/c1-3-8(11)6-15(14)7(2)10(13)12-9-4-5-9/h7-9H,3-6,11H2,1-2H3,(H,12,13). The summed E-state index contributed by atoms with van der Waals surface area (Å²) in [6.45, 7) is 3.66. The molecule has 0 aliphatic heterocycles. The molecule has 3 atom stereocenters. The maximum atomic E-state index is 11.7. The first-order chi connectivity index (χ1) is 7.04. The van der Waals surface area contributed by atoms with E-state index in [0.717, 1.165) is 19.3 Å². The van der Waals surface area contributed by atoms with E-state index in [1.165, 1.54) is 0 Å². The van der Waals surface area contributed by atoms with Crippen molar-refractivity contribution in [1.82, 2.24) is 5.32 Å². The van der Waals surface area contributed by atoms with Crippen LogP contribution in [0.4, 0.5) is 0 Å². The van der Waals surface area contributed by atoms with Gasteiger partial charge in [-0.1, -0.05) is 6.92 Å². The van der Waals surface area contributed by atoms with Gasteiger partial charge in [0.15, 0.2) is 0 Å². The zero-order chi connectivity index (χ0) is 11.4. The van der Waals surface area contributed by atoms with E-state index < -0.39 is 16.0 Å². The van der Waals surface area contributed by atoms with Crippen molar-refractivity contribution in [3.8, 4) is 0 Å². The fraction of sp³-hybridized carbons (Fsp3) is 0.900. The molecule has 15 heavy (non-hydrogen) atoms. The number of rotatable bonds is 6. The van der Waals surface area contributed by atoms with Gasteiger partial charge in [-0.05, 0) is 26.2 Å². The van der Waals surface area contributed by atoms with Crippen molar-refractivity contribution >= 4 is 16.7 Å². The van der Waals surface area contributed by atoms with Gasteiger partial charge >= 0.3 is 0 Å². The molecule has 88 valence electrons. The molecule has 0 bridgehead atoms. The van der Waals surface area contributed by atoms with E-state index in [-0.39, 0.29) is 11.9 Å². The van der Waals surface area contributed by atoms with Gasteiger partial charge in [0.1, 0.15) is 5.25 Å². The highest BCUT2D eigenvalue weighted by atomic mass is 32.2. The van der Waals surface area contributed by atoms with Crippen LogP contribution in [0.5, 0.6) is 0 Å². The normalized spacial score (nSPS) is 21.8. The van der Waals surface area contributed by atoms with Gasteiger partial charge in [-0.2, -0.15) is 0 Å². The van der Waals surface area contributed by atoms with Crippen LogP contribution in [0.15, 0.2) is 0 Å². The summed E-state index contributed by atoms with van der Waals surface area (Å²) >= 11 is 0. The first-order valence-electron chi connectivity index (χ1n) is 5.47. The summed E-state index contributed by atoms with van der Waals surface area (Å²) in [6.07, 6.45) is 2.90. The minimum Gasteiger partial charge on any atom is -0.352 e. The van der Waals surface area contributed by atoms with E-state index >= 15 is 0 Å². The van der Waals surface area contributed by atoms with Crippen LogP contribution < -0.4 is 11.1 Å². The van der Waals surface area contributed by atoms with Crippen molar-refractivity contribution < 1.29 is 9.00 Å². The van der Waals surface area contributed by atoms with Crippen LogP contribution in [0.3, 0.4) is 0 Å². The third kappa shape index (κ3) is 4.30. The maximum Gasteiger partial charge on any atom is 0.235 e. The van der Waals surface area contributed by atoms with Crippen molar-refractivity contribution in [2.75, 3.05) is 5.75 Å². The van der Waals surface area contributed by atoms with Crippen molar-refractivity contribution in [2.24, 2.45) is 5.73 Å². The molecule has 3 unspecified atom stereocenters. The Bertz CT molecular complexity index is 254. The van der Waals surface area contributed by atoms with Gasteiger partial charge in [0.25, 0.3) is 0 Å². The average molecular weight is 232 g/mol. The lowest BCUT2D eigenvalue weighted by Crippen LogP contribution is -2.40. The third-order valence-corrected chi connectivity index (χ3v) is 4.35. The zero-order valence-corrected chi connectivity index (χ0v) is 10.2. The van der Waals surface area contributed by atoms with Gasteiger partial charge < -0.3 is 11.1 Å². The molecule has 1 fully saturated rings. The summed E-state index contributed by atoms with van der Waals surface area (Å²) in [5.74, 6) is 0.314. The second-order valence-corrected chi connectivity index (χ2v) is 5.94. The predicted molar refractivity (Wildman–Crippen MR) is 61.9 cm³/mol. The molecule has 5 heteroatoms. The van der Waals surface area contributed by atoms with Crippen LogP contribution in [0, 0.1) is 0 Å². The van der Waals surface area contributed by atoms with E-state index in [4.69, 9.17) is 5.73 Å². The SMILES string of the molecule is CCC(N)CS(=O)C(C)C(=O)NC1CC1. The van der Waals surface area contributed by atoms with Gasteiger partial charge in [0, 0.05) is 28.6 Å². The highest BCUT2D eigenvalue weighted by Gasteiger charge is 2.28. The summed E-state index contributed by atoms with van der Waals surface area (Å²) in [4.78, 5) is 11.6. The second kappa shape index (κ2) is 5.61. The quantitative estimate of drug-likeness (QED) is 0.684. The Balaban J connectivity index is 2.33. The Morgan fingerprint density at radius 1 is 1.60 bits per heavy atom. The first-order valence-corrected chi connectivity index (χ1v) is 6.86. The number of amides is 1. The van der Waals surface area contributed by atoms with E-state index in [1.807, 2.05) is 6.92 Å². The van der Waals surface area contributed by atoms with Crippen molar-refractivity contribution in [1.29, 1.82) is 0 Å². The van der Waals surface area contributed by atoms with Gasteiger partial charge in [-0.3, -0.25) is 9.00 Å². The minimum atomic E-state index is -1.15. The number of carbonyl (C=O) groups excluding carboxylic acids is 1. The van der Waals surface area contributed by atoms with Gasteiger partial charge in [0.2, 0.25) is 5.91 Å². The van der Waals surface area contributed by atoms with Gasteiger partial charge in [-0.25, -0.2) is 0 Å². The molecular weight excluding hydrogens is 212 g/mol. The first kappa shape index (κ1) is 12.6. The monoisotopic (exact) mass is 232 g/mol. The minimum absolute atomic E-state index is 0.0676. The molecule has 1 saturated carbocycles. The molecule has 0 aromatic rings. The number of carbonyl (C=O) groups is 1. The topological polar surface area (TPSA) is 72.2 Å². The molecule has 0 radical (unpaired) electrons. The predicted octanol–water partition coefficient (Wildman–Crippen LogP) is 0.140. The van der Waals surface area contributed by atoms with Crippen molar-refractivity contribution in [3.63, 3.8) is 0 Å². The molecule has 1 aliphatic carbocycles. The van der Waals surface area contributed by atoms with E-state index in [0.29, 0.717) is 11.8 Å². The largest absolute Gasteiger partial charge is 0.352 e. The zero-order valence-electron chi connectivity index (χ0n) is 9.36. The number of hydrogen-bond donors (Lipinski definition) is 2. The van der Waals surface area contributed by atoms with E-state index in [2.05, 4.69) is 5.32 Å². The third-order valence-electron chi connectivity index (χ3n) is 2.59. The lowest BCUT2D eigenvalue weighted by atomic mass is 10.3. The molecule has 0 heterocycles. The molecule has 0 spiro atoms.